The van der Waals surface area contributed by atoms with E-state index in [0.717, 1.165) is 17.8 Å². The van der Waals surface area contributed by atoms with Gasteiger partial charge in [-0.25, -0.2) is 4.98 Å². The zero-order valence-corrected chi connectivity index (χ0v) is 17.9. The maximum absolute atomic E-state index is 12.8. The maximum atomic E-state index is 12.8. The molecule has 10 heteroatoms. The first-order chi connectivity index (χ1) is 13.9. The normalized spacial score (nSPS) is 16.4. The number of anilines is 1. The molecule has 1 atom stereocenters. The summed E-state index contributed by atoms with van der Waals surface area (Å²) in [7, 11) is 0. The summed E-state index contributed by atoms with van der Waals surface area (Å²) < 4.78 is 5.07. The lowest BCUT2D eigenvalue weighted by Gasteiger charge is -2.31. The van der Waals surface area contributed by atoms with Crippen LogP contribution in [0.3, 0.4) is 0 Å². The third-order valence-electron chi connectivity index (χ3n) is 4.45. The number of thiazole rings is 1. The minimum Gasteiger partial charge on any atom is -0.466 e. The van der Waals surface area contributed by atoms with Crippen LogP contribution in [0.15, 0.2) is 23.6 Å². The molecular formula is C19H19Cl2N3O4S. The van der Waals surface area contributed by atoms with Crippen LogP contribution in [0.5, 0.6) is 0 Å². The number of ether oxygens (including phenoxy) is 1. The largest absolute Gasteiger partial charge is 0.466 e. The summed E-state index contributed by atoms with van der Waals surface area (Å²) >= 11 is 13.0. The Morgan fingerprint density at radius 3 is 2.86 bits per heavy atom. The maximum Gasteiger partial charge on any atom is 0.310 e. The summed E-state index contributed by atoms with van der Waals surface area (Å²) in [6.07, 6.45) is 1.42. The van der Waals surface area contributed by atoms with Gasteiger partial charge in [-0.15, -0.1) is 11.3 Å². The number of halogens is 2. The zero-order valence-electron chi connectivity index (χ0n) is 15.6. The molecule has 1 aliphatic rings. The molecule has 0 saturated carbocycles. The number of rotatable bonds is 5. The highest BCUT2D eigenvalue weighted by Gasteiger charge is 2.30. The molecule has 1 saturated heterocycles. The molecule has 1 fully saturated rings. The van der Waals surface area contributed by atoms with E-state index in [-0.39, 0.29) is 39.2 Å². The number of aromatic nitrogens is 1. The first-order valence-corrected chi connectivity index (χ1v) is 10.7. The molecule has 3 rings (SSSR count). The van der Waals surface area contributed by atoms with Crippen molar-refractivity contribution in [1.82, 2.24) is 9.88 Å². The minimum atomic E-state index is -0.444. The highest BCUT2D eigenvalue weighted by Crippen LogP contribution is 2.25. The van der Waals surface area contributed by atoms with E-state index in [4.69, 9.17) is 27.9 Å². The second kappa shape index (κ2) is 9.56. The van der Waals surface area contributed by atoms with Gasteiger partial charge in [0.25, 0.3) is 11.8 Å². The van der Waals surface area contributed by atoms with E-state index in [2.05, 4.69) is 10.3 Å². The van der Waals surface area contributed by atoms with Crippen LogP contribution in [0.4, 0.5) is 5.13 Å². The fourth-order valence-corrected chi connectivity index (χ4v) is 4.22. The van der Waals surface area contributed by atoms with Crippen molar-refractivity contribution in [1.29, 1.82) is 0 Å². The number of nitrogens with one attached hydrogen (secondary N) is 1. The highest BCUT2D eigenvalue weighted by molar-refractivity contribution is 7.14. The fraction of sp³-hybridized carbons (Fsp3) is 0.368. The first-order valence-electron chi connectivity index (χ1n) is 9.07. The number of hydrogen-bond donors (Lipinski definition) is 1. The molecule has 7 nitrogen and oxygen atoms in total. The van der Waals surface area contributed by atoms with Gasteiger partial charge in [-0.1, -0.05) is 23.2 Å². The van der Waals surface area contributed by atoms with Crippen LogP contribution in [0.1, 0.15) is 40.6 Å². The quantitative estimate of drug-likeness (QED) is 0.684. The van der Waals surface area contributed by atoms with E-state index >= 15 is 0 Å². The lowest BCUT2D eigenvalue weighted by molar-refractivity contribution is -0.149. The topological polar surface area (TPSA) is 88.6 Å². The van der Waals surface area contributed by atoms with Crippen LogP contribution in [0.2, 0.25) is 10.0 Å². The van der Waals surface area contributed by atoms with Crippen molar-refractivity contribution in [2.24, 2.45) is 5.92 Å². The molecule has 2 heterocycles. The van der Waals surface area contributed by atoms with Crippen LogP contribution < -0.4 is 5.32 Å². The van der Waals surface area contributed by atoms with Gasteiger partial charge in [0.05, 0.1) is 23.1 Å². The third kappa shape index (κ3) is 5.26. The molecule has 29 heavy (non-hydrogen) atoms. The van der Waals surface area contributed by atoms with Gasteiger partial charge in [-0.3, -0.25) is 19.7 Å². The molecule has 2 amide bonds. The molecule has 0 radical (unpaired) electrons. The van der Waals surface area contributed by atoms with E-state index in [1.54, 1.807) is 23.3 Å². The van der Waals surface area contributed by atoms with Crippen LogP contribution in [0, 0.1) is 5.92 Å². The number of piperidine rings is 1. The zero-order chi connectivity index (χ0) is 21.0. The SMILES string of the molecule is CCOC(=O)[C@H]1CCCN(C(=O)c2csc(NC(=O)c3ccc(Cl)cc3Cl)n2)C1. The van der Waals surface area contributed by atoms with Crippen molar-refractivity contribution >= 4 is 57.5 Å². The van der Waals surface area contributed by atoms with Gasteiger partial charge in [-0.05, 0) is 38.0 Å². The Hall–Kier alpha value is -2.16. The number of carbonyl (C=O) groups excluding carboxylic acids is 3. The van der Waals surface area contributed by atoms with Crippen LogP contribution in [-0.2, 0) is 9.53 Å². The Bertz CT molecular complexity index is 934. The highest BCUT2D eigenvalue weighted by atomic mass is 35.5. The molecule has 0 unspecified atom stereocenters. The number of nitrogens with zero attached hydrogens (tertiary/aromatic N) is 2. The monoisotopic (exact) mass is 455 g/mol. The Morgan fingerprint density at radius 2 is 2.14 bits per heavy atom. The number of likely N-dealkylation sites (tertiary alicyclic amines) is 1. The predicted molar refractivity (Wildman–Crippen MR) is 112 cm³/mol. The van der Waals surface area contributed by atoms with E-state index in [1.165, 1.54) is 12.1 Å². The second-order valence-corrected chi connectivity index (χ2v) is 8.16. The van der Waals surface area contributed by atoms with E-state index in [1.807, 2.05) is 0 Å². The van der Waals surface area contributed by atoms with Gasteiger partial charge in [-0.2, -0.15) is 0 Å². The summed E-state index contributed by atoms with van der Waals surface area (Å²) in [5, 5.41) is 5.15. The summed E-state index contributed by atoms with van der Waals surface area (Å²) in [5.74, 6) is -1.32. The average molecular weight is 456 g/mol. The van der Waals surface area contributed by atoms with Crippen molar-refractivity contribution in [2.45, 2.75) is 19.8 Å². The average Bonchev–Trinajstić information content (AvgIpc) is 3.16. The smallest absolute Gasteiger partial charge is 0.310 e. The van der Waals surface area contributed by atoms with Gasteiger partial charge in [0.15, 0.2) is 5.13 Å². The summed E-state index contributed by atoms with van der Waals surface area (Å²) in [6, 6.07) is 4.56. The van der Waals surface area contributed by atoms with Crippen molar-refractivity contribution in [2.75, 3.05) is 25.0 Å². The van der Waals surface area contributed by atoms with Crippen LogP contribution >= 0.6 is 34.5 Å². The molecule has 0 bridgehead atoms. The standard InChI is InChI=1S/C19H19Cl2N3O4S/c1-2-28-18(27)11-4-3-7-24(9-11)17(26)15-10-29-19(22-15)23-16(25)13-6-5-12(20)8-14(13)21/h5-6,8,10-11H,2-4,7,9H2,1H3,(H,22,23,25)/t11-/m0/s1. The number of carbonyl (C=O) groups is 3. The van der Waals surface area contributed by atoms with Crippen LogP contribution in [-0.4, -0.2) is 47.4 Å². The number of amides is 2. The first kappa shape index (κ1) is 21.5. The van der Waals surface area contributed by atoms with Gasteiger partial charge >= 0.3 is 5.97 Å². The van der Waals surface area contributed by atoms with Gasteiger partial charge in [0.1, 0.15) is 5.69 Å². The summed E-state index contributed by atoms with van der Waals surface area (Å²) in [6.45, 7) is 2.92. The molecule has 1 aromatic heterocycles. The van der Waals surface area contributed by atoms with Crippen molar-refractivity contribution in [3.05, 3.63) is 44.9 Å². The van der Waals surface area contributed by atoms with E-state index in [9.17, 15) is 14.4 Å². The Balaban J connectivity index is 1.65. The van der Waals surface area contributed by atoms with Gasteiger partial charge < -0.3 is 9.64 Å². The molecular weight excluding hydrogens is 437 g/mol. The summed E-state index contributed by atoms with van der Waals surface area (Å²) in [4.78, 5) is 42.9. The molecule has 0 spiro atoms. The number of hydrogen-bond acceptors (Lipinski definition) is 6. The number of esters is 1. The predicted octanol–water partition coefficient (Wildman–Crippen LogP) is 4.12. The molecule has 154 valence electrons. The van der Waals surface area contributed by atoms with E-state index < -0.39 is 5.91 Å². The summed E-state index contributed by atoms with van der Waals surface area (Å²) in [5.41, 5.74) is 0.476. The molecule has 1 aromatic carbocycles. The van der Waals surface area contributed by atoms with Crippen molar-refractivity contribution in [3.8, 4) is 0 Å². The lowest BCUT2D eigenvalue weighted by atomic mass is 9.98. The second-order valence-electron chi connectivity index (χ2n) is 6.46. The van der Waals surface area contributed by atoms with Gasteiger partial charge in [0, 0.05) is 23.5 Å². The van der Waals surface area contributed by atoms with Crippen LogP contribution in [0.25, 0.3) is 0 Å². The van der Waals surface area contributed by atoms with Gasteiger partial charge in [0.2, 0.25) is 0 Å². The third-order valence-corrected chi connectivity index (χ3v) is 5.75. The lowest BCUT2D eigenvalue weighted by Crippen LogP contribution is -2.43. The Kier molecular flexibility index (Phi) is 7.10. The van der Waals surface area contributed by atoms with Crippen molar-refractivity contribution < 1.29 is 19.1 Å². The minimum absolute atomic E-state index is 0.219. The van der Waals surface area contributed by atoms with Crippen molar-refractivity contribution in [3.63, 3.8) is 0 Å². The Labute approximate surface area is 182 Å². The molecule has 1 aliphatic heterocycles. The fourth-order valence-electron chi connectivity index (χ4n) is 3.04. The molecule has 2 aromatic rings. The number of benzene rings is 1. The van der Waals surface area contributed by atoms with E-state index in [0.29, 0.717) is 31.1 Å². The Morgan fingerprint density at radius 1 is 1.34 bits per heavy atom. The molecule has 0 aliphatic carbocycles. The molecule has 1 N–H and O–H groups in total.